The molecule has 1 fully saturated rings. The number of hydrogen-bond donors (Lipinski definition) is 1. The molecule has 1 heterocycles. The van der Waals surface area contributed by atoms with Crippen LogP contribution in [0.2, 0.25) is 0 Å². The lowest BCUT2D eigenvalue weighted by molar-refractivity contribution is -0.157. The molecule has 0 amide bonds. The van der Waals surface area contributed by atoms with Gasteiger partial charge in [-0.15, -0.1) is 0 Å². The molecule has 2 rings (SSSR count). The average molecular weight is 256 g/mol. The maximum atomic E-state index is 13.3. The molecule has 18 heavy (non-hydrogen) atoms. The molecule has 2 unspecified atom stereocenters. The summed E-state index contributed by atoms with van der Waals surface area (Å²) >= 11 is 0. The molecule has 0 aromatic heterocycles. The Morgan fingerprint density at radius 2 is 2.06 bits per heavy atom. The van der Waals surface area contributed by atoms with Crippen molar-refractivity contribution in [3.8, 4) is 0 Å². The Balaban J connectivity index is 2.32. The first-order valence-electron chi connectivity index (χ1n) is 6.20. The van der Waals surface area contributed by atoms with E-state index in [4.69, 9.17) is 4.74 Å². The van der Waals surface area contributed by atoms with Gasteiger partial charge in [0, 0.05) is 12.8 Å². The van der Waals surface area contributed by atoms with Crippen LogP contribution >= 0.6 is 0 Å². The summed E-state index contributed by atoms with van der Waals surface area (Å²) in [5.41, 5.74) is -1.14. The van der Waals surface area contributed by atoms with Crippen LogP contribution in [-0.4, -0.2) is 17.3 Å². The van der Waals surface area contributed by atoms with Gasteiger partial charge in [-0.3, -0.25) is 0 Å². The largest absolute Gasteiger partial charge is 0.385 e. The number of benzene rings is 1. The molecule has 1 aromatic carbocycles. The number of ether oxygens (including phenoxy) is 1. The Morgan fingerprint density at radius 3 is 2.67 bits per heavy atom. The number of hydrogen-bond acceptors (Lipinski definition) is 2. The summed E-state index contributed by atoms with van der Waals surface area (Å²) < 4.78 is 31.8. The van der Waals surface area contributed by atoms with Gasteiger partial charge in [0.15, 0.2) is 11.6 Å². The van der Waals surface area contributed by atoms with Gasteiger partial charge in [-0.05, 0) is 31.0 Å². The van der Waals surface area contributed by atoms with Crippen molar-refractivity contribution in [2.45, 2.75) is 44.3 Å². The zero-order chi connectivity index (χ0) is 13.4. The molecular formula is C14H18F2O2. The molecule has 1 aromatic rings. The van der Waals surface area contributed by atoms with Gasteiger partial charge in [-0.25, -0.2) is 8.78 Å². The molecule has 100 valence electrons. The molecule has 0 radical (unpaired) electrons. The quantitative estimate of drug-likeness (QED) is 0.881. The van der Waals surface area contributed by atoms with Crippen molar-refractivity contribution in [2.75, 3.05) is 6.61 Å². The van der Waals surface area contributed by atoms with Crippen molar-refractivity contribution in [1.82, 2.24) is 0 Å². The van der Waals surface area contributed by atoms with Crippen molar-refractivity contribution in [1.29, 1.82) is 0 Å². The van der Waals surface area contributed by atoms with E-state index in [0.717, 1.165) is 18.6 Å². The minimum atomic E-state index is -1.14. The lowest BCUT2D eigenvalue weighted by atomic mass is 9.77. The highest BCUT2D eigenvalue weighted by Crippen LogP contribution is 2.41. The van der Waals surface area contributed by atoms with Crippen LogP contribution in [0, 0.1) is 11.6 Å². The molecule has 1 N–H and O–H groups in total. The van der Waals surface area contributed by atoms with Crippen LogP contribution in [-0.2, 0) is 10.3 Å². The highest BCUT2D eigenvalue weighted by Gasteiger charge is 2.42. The van der Waals surface area contributed by atoms with Crippen LogP contribution in [0.5, 0.6) is 0 Å². The van der Waals surface area contributed by atoms with E-state index in [1.54, 1.807) is 0 Å². The van der Waals surface area contributed by atoms with E-state index in [1.165, 1.54) is 6.07 Å². The van der Waals surface area contributed by atoms with Gasteiger partial charge in [-0.1, -0.05) is 13.0 Å². The van der Waals surface area contributed by atoms with Crippen LogP contribution < -0.4 is 0 Å². The van der Waals surface area contributed by atoms with Crippen molar-refractivity contribution in [2.24, 2.45) is 0 Å². The first-order valence-corrected chi connectivity index (χ1v) is 6.20. The third-order valence-corrected chi connectivity index (χ3v) is 3.84. The summed E-state index contributed by atoms with van der Waals surface area (Å²) in [6.45, 7) is 4.33. The maximum Gasteiger partial charge on any atom is 0.159 e. The standard InChI is InChI=1S/C14H18F2O2/c1-3-13(2)9-14(17,6-7-18-13)10-4-5-11(15)12(16)8-10/h4-5,8,17H,3,6-7,9H2,1-2H3. The van der Waals surface area contributed by atoms with Crippen molar-refractivity contribution < 1.29 is 18.6 Å². The zero-order valence-corrected chi connectivity index (χ0v) is 10.7. The molecule has 1 aliphatic rings. The normalized spacial score (nSPS) is 32.5. The second kappa shape index (κ2) is 4.59. The van der Waals surface area contributed by atoms with Gasteiger partial charge >= 0.3 is 0 Å². The third-order valence-electron chi connectivity index (χ3n) is 3.84. The van der Waals surface area contributed by atoms with Gasteiger partial charge in [0.1, 0.15) is 0 Å². The number of rotatable bonds is 2. The lowest BCUT2D eigenvalue weighted by Gasteiger charge is -2.43. The number of aliphatic hydroxyl groups is 1. The average Bonchev–Trinajstić information content (AvgIpc) is 2.32. The fourth-order valence-corrected chi connectivity index (χ4v) is 2.48. The van der Waals surface area contributed by atoms with Crippen molar-refractivity contribution >= 4 is 0 Å². The summed E-state index contributed by atoms with van der Waals surface area (Å²) in [6.07, 6.45) is 1.55. The minimum absolute atomic E-state index is 0.390. The van der Waals surface area contributed by atoms with Crippen molar-refractivity contribution in [3.63, 3.8) is 0 Å². The Morgan fingerprint density at radius 1 is 1.33 bits per heavy atom. The Kier molecular flexibility index (Phi) is 3.43. The zero-order valence-electron chi connectivity index (χ0n) is 10.7. The van der Waals surface area contributed by atoms with Gasteiger partial charge < -0.3 is 9.84 Å². The first-order chi connectivity index (χ1) is 8.38. The van der Waals surface area contributed by atoms with E-state index >= 15 is 0 Å². The molecule has 2 atom stereocenters. The molecule has 1 aliphatic heterocycles. The van der Waals surface area contributed by atoms with E-state index in [2.05, 4.69) is 0 Å². The SMILES string of the molecule is CCC1(C)CC(O)(c2ccc(F)c(F)c2)CCO1. The maximum absolute atomic E-state index is 13.3. The topological polar surface area (TPSA) is 29.5 Å². The van der Waals surface area contributed by atoms with E-state index < -0.39 is 22.8 Å². The predicted molar refractivity (Wildman–Crippen MR) is 64.1 cm³/mol. The van der Waals surface area contributed by atoms with Crippen LogP contribution in [0.4, 0.5) is 8.78 Å². The third kappa shape index (κ3) is 2.40. The summed E-state index contributed by atoms with van der Waals surface area (Å²) in [6, 6.07) is 3.58. The molecule has 0 saturated carbocycles. The van der Waals surface area contributed by atoms with Gasteiger partial charge in [0.05, 0.1) is 17.8 Å². The Bertz CT molecular complexity index is 449. The molecule has 0 bridgehead atoms. The van der Waals surface area contributed by atoms with E-state index in [-0.39, 0.29) is 0 Å². The number of halogens is 2. The predicted octanol–water partition coefficient (Wildman–Crippen LogP) is 3.13. The smallest absolute Gasteiger partial charge is 0.159 e. The summed E-state index contributed by atoms with van der Waals surface area (Å²) in [7, 11) is 0. The fourth-order valence-electron chi connectivity index (χ4n) is 2.48. The summed E-state index contributed by atoms with van der Waals surface area (Å²) in [5, 5.41) is 10.7. The Labute approximate surface area is 106 Å². The minimum Gasteiger partial charge on any atom is -0.385 e. The van der Waals surface area contributed by atoms with Crippen LogP contribution in [0.1, 0.15) is 38.7 Å². The molecule has 1 saturated heterocycles. The van der Waals surface area contributed by atoms with Gasteiger partial charge in [0.25, 0.3) is 0 Å². The monoisotopic (exact) mass is 256 g/mol. The highest BCUT2D eigenvalue weighted by atomic mass is 19.2. The molecule has 4 heteroatoms. The van der Waals surface area contributed by atoms with Crippen molar-refractivity contribution in [3.05, 3.63) is 35.4 Å². The second-order valence-corrected chi connectivity index (χ2v) is 5.24. The Hall–Kier alpha value is -1.00. The van der Waals surface area contributed by atoms with Crippen LogP contribution in [0.15, 0.2) is 18.2 Å². The molecule has 0 spiro atoms. The van der Waals surface area contributed by atoms with Gasteiger partial charge in [0.2, 0.25) is 0 Å². The van der Waals surface area contributed by atoms with E-state index in [9.17, 15) is 13.9 Å². The van der Waals surface area contributed by atoms with E-state index in [0.29, 0.717) is 25.0 Å². The molecular weight excluding hydrogens is 238 g/mol. The summed E-state index contributed by atoms with van der Waals surface area (Å²) in [5.74, 6) is -1.82. The van der Waals surface area contributed by atoms with Gasteiger partial charge in [-0.2, -0.15) is 0 Å². The summed E-state index contributed by atoms with van der Waals surface area (Å²) in [4.78, 5) is 0. The highest BCUT2D eigenvalue weighted by molar-refractivity contribution is 5.25. The van der Waals surface area contributed by atoms with E-state index in [1.807, 2.05) is 13.8 Å². The molecule has 0 aliphatic carbocycles. The lowest BCUT2D eigenvalue weighted by Crippen LogP contribution is -2.45. The fraction of sp³-hybridized carbons (Fsp3) is 0.571. The van der Waals surface area contributed by atoms with Crippen LogP contribution in [0.3, 0.4) is 0 Å². The molecule has 2 nitrogen and oxygen atoms in total. The first kappa shape index (κ1) is 13.4. The van der Waals surface area contributed by atoms with Crippen LogP contribution in [0.25, 0.3) is 0 Å². The second-order valence-electron chi connectivity index (χ2n) is 5.24.